The number of rotatable bonds is 5. The minimum absolute atomic E-state index is 0.0313. The lowest BCUT2D eigenvalue weighted by molar-refractivity contribution is -0.137. The topological polar surface area (TPSA) is 62.8 Å². The molecule has 1 aromatic heterocycles. The molecule has 0 unspecified atom stereocenters. The summed E-state index contributed by atoms with van der Waals surface area (Å²) in [7, 11) is 0. The van der Waals surface area contributed by atoms with Crippen molar-refractivity contribution in [2.45, 2.75) is 39.3 Å². The van der Waals surface area contributed by atoms with Gasteiger partial charge in [-0.1, -0.05) is 26.0 Å². The molecule has 2 rings (SSSR count). The van der Waals surface area contributed by atoms with E-state index in [1.54, 1.807) is 6.92 Å². The quantitative estimate of drug-likeness (QED) is 0.824. The van der Waals surface area contributed by atoms with Gasteiger partial charge in [0.2, 0.25) is 0 Å². The van der Waals surface area contributed by atoms with Crippen molar-refractivity contribution in [2.24, 2.45) is 5.92 Å². The van der Waals surface area contributed by atoms with E-state index in [1.807, 2.05) is 13.8 Å². The maximum atomic E-state index is 12.7. The zero-order valence-electron chi connectivity index (χ0n) is 14.1. The van der Waals surface area contributed by atoms with Crippen LogP contribution >= 0.6 is 0 Å². The molecule has 4 nitrogen and oxygen atoms in total. The molecule has 0 radical (unpaired) electrons. The highest BCUT2D eigenvalue weighted by atomic mass is 19.4. The van der Waals surface area contributed by atoms with E-state index in [-0.39, 0.29) is 29.7 Å². The molecule has 0 saturated carbocycles. The lowest BCUT2D eigenvalue weighted by Crippen LogP contribution is -2.18. The Hall–Kier alpha value is -2.44. The van der Waals surface area contributed by atoms with Crippen molar-refractivity contribution in [3.8, 4) is 0 Å². The molecule has 0 bridgehead atoms. The van der Waals surface area contributed by atoms with Crippen molar-refractivity contribution in [1.29, 1.82) is 0 Å². The molecule has 1 aromatic carbocycles. The minimum atomic E-state index is -4.39. The van der Waals surface area contributed by atoms with Gasteiger partial charge in [-0.15, -0.1) is 0 Å². The SMILES string of the molecule is Cc1nc(C(=O)C[C@H](c2ccc(C(F)(F)F)cc2)C(C)C)cc(=O)[nH]1. The molecular weight excluding hydrogens is 333 g/mol. The van der Waals surface area contributed by atoms with Crippen molar-refractivity contribution in [3.63, 3.8) is 0 Å². The van der Waals surface area contributed by atoms with Crippen molar-refractivity contribution in [2.75, 3.05) is 0 Å². The van der Waals surface area contributed by atoms with Crippen molar-refractivity contribution < 1.29 is 18.0 Å². The minimum Gasteiger partial charge on any atom is -0.311 e. The number of halogens is 3. The normalized spacial score (nSPS) is 13.1. The van der Waals surface area contributed by atoms with Crippen LogP contribution in [0.25, 0.3) is 0 Å². The molecule has 2 aromatic rings. The Balaban J connectivity index is 2.26. The summed E-state index contributed by atoms with van der Waals surface area (Å²) in [6.07, 6.45) is -4.33. The smallest absolute Gasteiger partial charge is 0.311 e. The van der Waals surface area contributed by atoms with Gasteiger partial charge in [0.1, 0.15) is 11.5 Å². The average molecular weight is 352 g/mol. The second kappa shape index (κ2) is 7.21. The molecule has 134 valence electrons. The van der Waals surface area contributed by atoms with Crippen LogP contribution in [-0.2, 0) is 6.18 Å². The summed E-state index contributed by atoms with van der Waals surface area (Å²) >= 11 is 0. The average Bonchev–Trinajstić information content (AvgIpc) is 2.50. The van der Waals surface area contributed by atoms with Crippen LogP contribution in [0.15, 0.2) is 35.1 Å². The molecule has 1 atom stereocenters. The second-order valence-corrected chi connectivity index (χ2v) is 6.31. The van der Waals surface area contributed by atoms with Gasteiger partial charge in [-0.2, -0.15) is 13.2 Å². The number of carbonyl (C=O) groups excluding carboxylic acids is 1. The van der Waals surface area contributed by atoms with Crippen LogP contribution in [0.4, 0.5) is 13.2 Å². The van der Waals surface area contributed by atoms with Gasteiger partial charge < -0.3 is 4.98 Å². The standard InChI is InChI=1S/C18H19F3N2O2/c1-10(2)14(12-4-6-13(7-5-12)18(19,20)21)8-16(24)15-9-17(25)23-11(3)22-15/h4-7,9-10,14H,8H2,1-3H3,(H,22,23,25)/t14-/m0/s1. The molecule has 7 heteroatoms. The van der Waals surface area contributed by atoms with E-state index in [2.05, 4.69) is 9.97 Å². The molecule has 0 fully saturated rings. The predicted molar refractivity (Wildman–Crippen MR) is 87.6 cm³/mol. The van der Waals surface area contributed by atoms with Crippen LogP contribution in [0.2, 0.25) is 0 Å². The summed E-state index contributed by atoms with van der Waals surface area (Å²) in [6.45, 7) is 5.37. The molecule has 0 spiro atoms. The van der Waals surface area contributed by atoms with Crippen molar-refractivity contribution in [3.05, 3.63) is 63.3 Å². The molecule has 0 aliphatic rings. The number of hydrogen-bond donors (Lipinski definition) is 1. The van der Waals surface area contributed by atoms with Crippen molar-refractivity contribution >= 4 is 5.78 Å². The third kappa shape index (κ3) is 4.78. The van der Waals surface area contributed by atoms with E-state index in [0.29, 0.717) is 11.4 Å². The van der Waals surface area contributed by atoms with Crippen LogP contribution in [0.5, 0.6) is 0 Å². The summed E-state index contributed by atoms with van der Waals surface area (Å²) in [5, 5.41) is 0. The Bertz CT molecular complexity index is 808. The van der Waals surface area contributed by atoms with Gasteiger partial charge in [0, 0.05) is 12.5 Å². The van der Waals surface area contributed by atoms with Crippen LogP contribution in [0.1, 0.15) is 53.6 Å². The van der Waals surface area contributed by atoms with Crippen LogP contribution in [0.3, 0.4) is 0 Å². The number of benzene rings is 1. The summed E-state index contributed by atoms with van der Waals surface area (Å²) in [6, 6.07) is 5.98. The zero-order chi connectivity index (χ0) is 18.8. The van der Waals surface area contributed by atoms with E-state index < -0.39 is 17.3 Å². The second-order valence-electron chi connectivity index (χ2n) is 6.31. The van der Waals surface area contributed by atoms with E-state index in [0.717, 1.165) is 18.2 Å². The Kier molecular flexibility index (Phi) is 5.45. The van der Waals surface area contributed by atoms with Crippen LogP contribution in [-0.4, -0.2) is 15.8 Å². The van der Waals surface area contributed by atoms with Gasteiger partial charge in [0.05, 0.1) is 5.56 Å². The van der Waals surface area contributed by atoms with Gasteiger partial charge in [-0.3, -0.25) is 9.59 Å². The molecule has 1 heterocycles. The van der Waals surface area contributed by atoms with Crippen LogP contribution in [0, 0.1) is 12.8 Å². The lowest BCUT2D eigenvalue weighted by atomic mass is 9.83. The number of aromatic nitrogens is 2. The fourth-order valence-corrected chi connectivity index (χ4v) is 2.68. The van der Waals surface area contributed by atoms with Gasteiger partial charge in [-0.25, -0.2) is 4.98 Å². The molecule has 0 aliphatic carbocycles. The molecule has 0 aliphatic heterocycles. The Labute approximate surface area is 143 Å². The molecule has 25 heavy (non-hydrogen) atoms. The number of nitrogens with one attached hydrogen (secondary N) is 1. The zero-order valence-corrected chi connectivity index (χ0v) is 14.1. The Morgan fingerprint density at radius 3 is 2.28 bits per heavy atom. The largest absolute Gasteiger partial charge is 0.416 e. The van der Waals surface area contributed by atoms with E-state index in [1.165, 1.54) is 12.1 Å². The Morgan fingerprint density at radius 2 is 1.80 bits per heavy atom. The highest BCUT2D eigenvalue weighted by molar-refractivity contribution is 5.94. The number of hydrogen-bond acceptors (Lipinski definition) is 3. The molecule has 0 amide bonds. The van der Waals surface area contributed by atoms with Gasteiger partial charge >= 0.3 is 6.18 Å². The van der Waals surface area contributed by atoms with Gasteiger partial charge in [0.25, 0.3) is 5.56 Å². The highest BCUT2D eigenvalue weighted by Gasteiger charge is 2.30. The third-order valence-electron chi connectivity index (χ3n) is 4.02. The number of aromatic amines is 1. The predicted octanol–water partition coefficient (Wildman–Crippen LogP) is 4.11. The number of aryl methyl sites for hydroxylation is 1. The van der Waals surface area contributed by atoms with E-state index in [4.69, 9.17) is 0 Å². The summed E-state index contributed by atoms with van der Waals surface area (Å²) in [4.78, 5) is 30.5. The molecular formula is C18H19F3N2O2. The van der Waals surface area contributed by atoms with Gasteiger partial charge in [0.15, 0.2) is 5.78 Å². The number of Topliss-reactive ketones (excluding diaryl/α,β-unsaturated/α-hetero) is 1. The monoisotopic (exact) mass is 352 g/mol. The first-order valence-electron chi connectivity index (χ1n) is 7.86. The summed E-state index contributed by atoms with van der Waals surface area (Å²) in [5.74, 6) is -0.209. The van der Waals surface area contributed by atoms with Gasteiger partial charge in [-0.05, 0) is 36.5 Å². The number of ketones is 1. The maximum Gasteiger partial charge on any atom is 0.416 e. The number of alkyl halides is 3. The summed E-state index contributed by atoms with van der Waals surface area (Å²) in [5.41, 5.74) is -0.417. The van der Waals surface area contributed by atoms with E-state index >= 15 is 0 Å². The summed E-state index contributed by atoms with van der Waals surface area (Å²) < 4.78 is 38.1. The number of H-pyrrole nitrogens is 1. The first kappa shape index (κ1) is 18.9. The fraction of sp³-hybridized carbons (Fsp3) is 0.389. The number of nitrogens with zero attached hydrogens (tertiary/aromatic N) is 1. The Morgan fingerprint density at radius 1 is 1.20 bits per heavy atom. The number of carbonyl (C=O) groups is 1. The van der Waals surface area contributed by atoms with E-state index in [9.17, 15) is 22.8 Å². The molecule has 0 saturated heterocycles. The lowest BCUT2D eigenvalue weighted by Gasteiger charge is -2.21. The first-order valence-corrected chi connectivity index (χ1v) is 7.86. The highest BCUT2D eigenvalue weighted by Crippen LogP contribution is 2.33. The molecule has 1 N–H and O–H groups in total. The third-order valence-corrected chi connectivity index (χ3v) is 4.02. The maximum absolute atomic E-state index is 12.7. The van der Waals surface area contributed by atoms with Crippen LogP contribution < -0.4 is 5.56 Å². The van der Waals surface area contributed by atoms with Crippen molar-refractivity contribution in [1.82, 2.24) is 9.97 Å². The first-order chi connectivity index (χ1) is 11.6. The fourth-order valence-electron chi connectivity index (χ4n) is 2.68.